The van der Waals surface area contributed by atoms with Crippen LogP contribution in [0.15, 0.2) is 41.3 Å². The smallest absolute Gasteiger partial charge is 0.417 e. The van der Waals surface area contributed by atoms with Gasteiger partial charge >= 0.3 is 12.1 Å². The first-order valence-corrected chi connectivity index (χ1v) is 9.45. The van der Waals surface area contributed by atoms with Gasteiger partial charge in [0.1, 0.15) is 12.3 Å². The quantitative estimate of drug-likeness (QED) is 0.739. The zero-order chi connectivity index (χ0) is 21.3. The lowest BCUT2D eigenvalue weighted by Gasteiger charge is -2.24. The molecule has 28 heavy (non-hydrogen) atoms. The summed E-state index contributed by atoms with van der Waals surface area (Å²) in [6.07, 6.45) is -4.84. The molecule has 152 valence electrons. The summed E-state index contributed by atoms with van der Waals surface area (Å²) in [5.74, 6) is -1.15. The summed E-state index contributed by atoms with van der Waals surface area (Å²) in [6.45, 7) is 0.496. The molecule has 0 aliphatic rings. The number of carboxylic acids is 1. The number of methoxy groups -OCH3 is 1. The maximum absolute atomic E-state index is 13.1. The van der Waals surface area contributed by atoms with Crippen molar-refractivity contribution in [3.05, 3.63) is 52.5 Å². The minimum absolute atomic E-state index is 0.296. The second kappa shape index (κ2) is 7.88. The summed E-state index contributed by atoms with van der Waals surface area (Å²) in [4.78, 5) is 10.9. The van der Waals surface area contributed by atoms with Gasteiger partial charge in [-0.3, -0.25) is 9.10 Å². The van der Waals surface area contributed by atoms with Crippen molar-refractivity contribution in [2.45, 2.75) is 18.0 Å². The van der Waals surface area contributed by atoms with E-state index in [-0.39, 0.29) is 4.90 Å². The summed E-state index contributed by atoms with van der Waals surface area (Å²) in [5.41, 5.74) is -1.30. The maximum Gasteiger partial charge on any atom is 0.417 e. The molecular weight excluding hydrogens is 423 g/mol. The number of carboxylic acid groups (broad SMARTS) is 1. The third-order valence-electron chi connectivity index (χ3n) is 3.78. The molecule has 1 N–H and O–H groups in total. The molecule has 0 saturated heterocycles. The number of aliphatic carboxylic acids is 1. The molecule has 0 radical (unpaired) electrons. The van der Waals surface area contributed by atoms with E-state index in [1.54, 1.807) is 6.92 Å². The highest BCUT2D eigenvalue weighted by atomic mass is 35.5. The Balaban J connectivity index is 2.64. The Morgan fingerprint density at radius 1 is 1.21 bits per heavy atom. The molecule has 0 aliphatic carbocycles. The Bertz CT molecular complexity index is 1010. The number of halogens is 4. The number of alkyl halides is 3. The number of rotatable bonds is 6. The van der Waals surface area contributed by atoms with Gasteiger partial charge in [-0.1, -0.05) is 11.6 Å². The lowest BCUT2D eigenvalue weighted by molar-refractivity contribution is -0.137. The zero-order valence-corrected chi connectivity index (χ0v) is 16.2. The van der Waals surface area contributed by atoms with Crippen molar-refractivity contribution in [2.75, 3.05) is 18.0 Å². The molecular formula is C17H15ClF3NO5S. The Hall–Kier alpha value is -2.46. The van der Waals surface area contributed by atoms with E-state index in [1.807, 2.05) is 0 Å². The van der Waals surface area contributed by atoms with Crippen LogP contribution in [0.3, 0.4) is 0 Å². The van der Waals surface area contributed by atoms with Crippen LogP contribution in [0.2, 0.25) is 5.02 Å². The highest BCUT2D eigenvalue weighted by molar-refractivity contribution is 7.92. The van der Waals surface area contributed by atoms with Crippen molar-refractivity contribution in [1.29, 1.82) is 0 Å². The van der Waals surface area contributed by atoms with Crippen LogP contribution in [0, 0.1) is 6.92 Å². The van der Waals surface area contributed by atoms with E-state index in [0.717, 1.165) is 12.1 Å². The molecule has 2 rings (SSSR count). The average Bonchev–Trinajstić information content (AvgIpc) is 2.59. The molecule has 0 aliphatic heterocycles. The number of carbonyl (C=O) groups is 1. The number of hydrogen-bond donors (Lipinski definition) is 1. The number of ether oxygens (including phenoxy) is 1. The van der Waals surface area contributed by atoms with Crippen molar-refractivity contribution in [3.63, 3.8) is 0 Å². The van der Waals surface area contributed by atoms with Crippen LogP contribution in [0.25, 0.3) is 0 Å². The Morgan fingerprint density at radius 2 is 1.86 bits per heavy atom. The minimum Gasteiger partial charge on any atom is -0.496 e. The summed E-state index contributed by atoms with van der Waals surface area (Å²) in [7, 11) is -3.10. The summed E-state index contributed by atoms with van der Waals surface area (Å²) < 4.78 is 70.8. The lowest BCUT2D eigenvalue weighted by Crippen LogP contribution is -2.36. The van der Waals surface area contributed by atoms with E-state index in [4.69, 9.17) is 21.4 Å². The summed E-state index contributed by atoms with van der Waals surface area (Å²) in [5, 5.41) is 8.47. The van der Waals surface area contributed by atoms with E-state index in [2.05, 4.69) is 0 Å². The molecule has 0 atom stereocenters. The molecule has 0 saturated carbocycles. The van der Waals surface area contributed by atoms with Crippen molar-refractivity contribution in [3.8, 4) is 5.75 Å². The van der Waals surface area contributed by atoms with Crippen molar-refractivity contribution < 1.29 is 36.2 Å². The first kappa shape index (κ1) is 21.8. The third kappa shape index (κ3) is 4.50. The first-order chi connectivity index (χ1) is 12.9. The fraction of sp³-hybridized carbons (Fsp3) is 0.235. The molecule has 6 nitrogen and oxygen atoms in total. The third-order valence-corrected chi connectivity index (χ3v) is 5.88. The molecule has 0 aromatic heterocycles. The monoisotopic (exact) mass is 437 g/mol. The Morgan fingerprint density at radius 3 is 2.36 bits per heavy atom. The van der Waals surface area contributed by atoms with Gasteiger partial charge in [0.2, 0.25) is 0 Å². The van der Waals surface area contributed by atoms with Crippen LogP contribution in [-0.2, 0) is 21.0 Å². The second-order valence-corrected chi connectivity index (χ2v) is 7.97. The van der Waals surface area contributed by atoms with Crippen LogP contribution in [0.5, 0.6) is 5.75 Å². The lowest BCUT2D eigenvalue weighted by atomic mass is 10.2. The van der Waals surface area contributed by atoms with E-state index >= 15 is 0 Å². The fourth-order valence-electron chi connectivity index (χ4n) is 2.46. The average molecular weight is 438 g/mol. The van der Waals surface area contributed by atoms with Gasteiger partial charge in [0.05, 0.1) is 28.3 Å². The van der Waals surface area contributed by atoms with Crippen molar-refractivity contribution in [1.82, 2.24) is 0 Å². The topological polar surface area (TPSA) is 83.9 Å². The SMILES string of the molecule is COc1ccc(S(=O)(=O)N(CC(=O)O)c2ccc(Cl)c(C(F)(F)F)c2)cc1C. The molecule has 2 aromatic rings. The van der Waals surface area contributed by atoms with Gasteiger partial charge in [-0.05, 0) is 48.9 Å². The van der Waals surface area contributed by atoms with E-state index < -0.39 is 45.0 Å². The summed E-state index contributed by atoms with van der Waals surface area (Å²) >= 11 is 5.56. The Kier molecular flexibility index (Phi) is 6.15. The van der Waals surface area contributed by atoms with Crippen LogP contribution in [0.4, 0.5) is 18.9 Å². The molecule has 0 amide bonds. The highest BCUT2D eigenvalue weighted by Crippen LogP contribution is 2.38. The normalized spacial score (nSPS) is 11.9. The van der Waals surface area contributed by atoms with E-state index in [1.165, 1.54) is 25.3 Å². The van der Waals surface area contributed by atoms with Gasteiger partial charge < -0.3 is 9.84 Å². The Labute approximate surface area is 164 Å². The standard InChI is InChI=1S/C17H15ClF3NO5S/c1-10-7-12(4-6-15(10)27-2)28(25,26)22(9-16(23)24)11-3-5-14(18)13(8-11)17(19,20)21/h3-8H,9H2,1-2H3,(H,23,24). The number of nitrogens with zero attached hydrogens (tertiary/aromatic N) is 1. The van der Waals surface area contributed by atoms with Crippen LogP contribution in [0.1, 0.15) is 11.1 Å². The second-order valence-electron chi connectivity index (χ2n) is 5.70. The van der Waals surface area contributed by atoms with Gasteiger partial charge in [0.25, 0.3) is 10.0 Å². The number of benzene rings is 2. The van der Waals surface area contributed by atoms with Crippen molar-refractivity contribution in [2.24, 2.45) is 0 Å². The number of aryl methyl sites for hydroxylation is 1. The fourth-order valence-corrected chi connectivity index (χ4v) is 4.18. The highest BCUT2D eigenvalue weighted by Gasteiger charge is 2.35. The molecule has 0 bridgehead atoms. The summed E-state index contributed by atoms with van der Waals surface area (Å²) in [6, 6.07) is 6.15. The molecule has 0 spiro atoms. The molecule has 11 heteroatoms. The van der Waals surface area contributed by atoms with E-state index in [0.29, 0.717) is 21.7 Å². The number of hydrogen-bond acceptors (Lipinski definition) is 4. The molecule has 0 unspecified atom stereocenters. The zero-order valence-electron chi connectivity index (χ0n) is 14.6. The largest absolute Gasteiger partial charge is 0.496 e. The number of anilines is 1. The van der Waals surface area contributed by atoms with Gasteiger partial charge in [0, 0.05) is 0 Å². The molecule has 0 heterocycles. The van der Waals surface area contributed by atoms with Crippen LogP contribution < -0.4 is 9.04 Å². The molecule has 0 fully saturated rings. The van der Waals surface area contributed by atoms with Gasteiger partial charge in [-0.2, -0.15) is 13.2 Å². The van der Waals surface area contributed by atoms with Crippen LogP contribution in [-0.4, -0.2) is 33.1 Å². The first-order valence-electron chi connectivity index (χ1n) is 7.64. The maximum atomic E-state index is 13.1. The van der Waals surface area contributed by atoms with Crippen molar-refractivity contribution >= 4 is 33.3 Å². The van der Waals surface area contributed by atoms with Gasteiger partial charge in [-0.15, -0.1) is 0 Å². The minimum atomic E-state index is -4.84. The van der Waals surface area contributed by atoms with Gasteiger partial charge in [-0.25, -0.2) is 8.42 Å². The van der Waals surface area contributed by atoms with Gasteiger partial charge in [0.15, 0.2) is 0 Å². The van der Waals surface area contributed by atoms with Crippen LogP contribution >= 0.6 is 11.6 Å². The number of sulfonamides is 1. The molecule has 2 aromatic carbocycles. The predicted molar refractivity (Wildman–Crippen MR) is 96.4 cm³/mol. The predicted octanol–water partition coefficient (Wildman–Crippen LogP) is 3.96. The van der Waals surface area contributed by atoms with E-state index in [9.17, 15) is 26.4 Å².